The van der Waals surface area contributed by atoms with Crippen LogP contribution in [0.2, 0.25) is 0 Å². The average molecular weight is 294 g/mol. The maximum absolute atomic E-state index is 6.32. The molecule has 0 bridgehead atoms. The molecule has 0 spiro atoms. The van der Waals surface area contributed by atoms with Gasteiger partial charge in [-0.1, -0.05) is 26.0 Å². The Morgan fingerprint density at radius 3 is 2.14 bits per heavy atom. The van der Waals surface area contributed by atoms with Crippen LogP contribution in [0.3, 0.4) is 0 Å². The minimum Gasteiger partial charge on any atom is -0.381 e. The van der Waals surface area contributed by atoms with E-state index < -0.39 is 0 Å². The summed E-state index contributed by atoms with van der Waals surface area (Å²) in [4.78, 5) is 0. The van der Waals surface area contributed by atoms with E-state index in [4.69, 9.17) is 9.47 Å². The summed E-state index contributed by atoms with van der Waals surface area (Å²) in [5.41, 5.74) is 0. The molecule has 0 aliphatic heterocycles. The van der Waals surface area contributed by atoms with E-state index in [0.29, 0.717) is 24.0 Å². The molecule has 0 saturated heterocycles. The van der Waals surface area contributed by atoms with Gasteiger partial charge in [0.25, 0.3) is 0 Å². The molecular formula is C19H34O2. The fourth-order valence-electron chi connectivity index (χ4n) is 4.18. The molecular weight excluding hydrogens is 260 g/mol. The summed E-state index contributed by atoms with van der Waals surface area (Å²) < 4.78 is 11.9. The number of ether oxygens (including phenoxy) is 2. The minimum absolute atomic E-state index is 0.427. The largest absolute Gasteiger partial charge is 0.381 e. The monoisotopic (exact) mass is 294 g/mol. The molecule has 2 nitrogen and oxygen atoms in total. The average Bonchev–Trinajstić information content (AvgIpc) is 2.50. The van der Waals surface area contributed by atoms with Crippen molar-refractivity contribution in [2.75, 3.05) is 13.7 Å². The molecule has 0 aromatic carbocycles. The van der Waals surface area contributed by atoms with Crippen LogP contribution in [-0.4, -0.2) is 25.9 Å². The molecule has 2 rings (SSSR count). The lowest BCUT2D eigenvalue weighted by Gasteiger charge is -2.39. The highest BCUT2D eigenvalue weighted by molar-refractivity contribution is 4.89. The van der Waals surface area contributed by atoms with E-state index in [1.165, 1.54) is 25.7 Å². The Labute approximate surface area is 131 Å². The third-order valence-electron chi connectivity index (χ3n) is 5.94. The van der Waals surface area contributed by atoms with Gasteiger partial charge in [0, 0.05) is 13.7 Å². The zero-order valence-electron chi connectivity index (χ0n) is 14.4. The van der Waals surface area contributed by atoms with Crippen LogP contribution in [0.4, 0.5) is 0 Å². The Morgan fingerprint density at radius 2 is 1.52 bits per heavy atom. The summed E-state index contributed by atoms with van der Waals surface area (Å²) in [7, 11) is 1.85. The number of hydrogen-bond donors (Lipinski definition) is 0. The lowest BCUT2D eigenvalue weighted by atomic mass is 9.77. The Kier molecular flexibility index (Phi) is 6.75. The lowest BCUT2D eigenvalue weighted by Crippen LogP contribution is -2.40. The van der Waals surface area contributed by atoms with Crippen LogP contribution in [0, 0.1) is 23.7 Å². The van der Waals surface area contributed by atoms with Gasteiger partial charge < -0.3 is 9.47 Å². The van der Waals surface area contributed by atoms with Gasteiger partial charge in [-0.15, -0.1) is 0 Å². The number of methoxy groups -OCH3 is 1. The second-order valence-corrected chi connectivity index (χ2v) is 7.25. The van der Waals surface area contributed by atoms with Crippen molar-refractivity contribution in [1.82, 2.24) is 0 Å². The Morgan fingerprint density at radius 1 is 0.905 bits per heavy atom. The van der Waals surface area contributed by atoms with Gasteiger partial charge in [0.15, 0.2) is 0 Å². The molecule has 4 unspecified atom stereocenters. The molecule has 0 amide bonds. The zero-order chi connectivity index (χ0) is 15.2. The summed E-state index contributed by atoms with van der Waals surface area (Å²) in [5.74, 6) is 2.83. The van der Waals surface area contributed by atoms with Gasteiger partial charge in [0.2, 0.25) is 0 Å². The Bertz CT molecular complexity index is 318. The topological polar surface area (TPSA) is 18.5 Å². The predicted molar refractivity (Wildman–Crippen MR) is 88.4 cm³/mol. The first-order chi connectivity index (χ1) is 10.2. The SMILES string of the molecule is C/C=C/C1CCC(COC2CCC(OC)C(C)C2C)CC1. The fourth-order valence-corrected chi connectivity index (χ4v) is 4.18. The minimum atomic E-state index is 0.427. The van der Waals surface area contributed by atoms with Crippen molar-refractivity contribution in [2.45, 2.75) is 71.5 Å². The fraction of sp³-hybridized carbons (Fsp3) is 0.895. The number of hydrogen-bond acceptors (Lipinski definition) is 2. The molecule has 4 atom stereocenters. The van der Waals surface area contributed by atoms with Gasteiger partial charge in [0.1, 0.15) is 0 Å². The Balaban J connectivity index is 1.72. The maximum atomic E-state index is 6.32. The van der Waals surface area contributed by atoms with Gasteiger partial charge in [-0.2, -0.15) is 0 Å². The van der Waals surface area contributed by atoms with Crippen LogP contribution < -0.4 is 0 Å². The molecule has 2 saturated carbocycles. The predicted octanol–water partition coefficient (Wildman–Crippen LogP) is 4.84. The molecule has 0 N–H and O–H groups in total. The van der Waals surface area contributed by atoms with E-state index in [9.17, 15) is 0 Å². The zero-order valence-corrected chi connectivity index (χ0v) is 14.4. The van der Waals surface area contributed by atoms with Gasteiger partial charge in [0.05, 0.1) is 12.2 Å². The molecule has 2 aliphatic rings. The molecule has 0 heterocycles. The van der Waals surface area contributed by atoms with Crippen LogP contribution in [0.5, 0.6) is 0 Å². The molecule has 0 radical (unpaired) electrons. The third-order valence-corrected chi connectivity index (χ3v) is 5.94. The molecule has 2 aliphatic carbocycles. The van der Waals surface area contributed by atoms with Crippen molar-refractivity contribution < 1.29 is 9.47 Å². The van der Waals surface area contributed by atoms with E-state index in [-0.39, 0.29) is 0 Å². The first-order valence-corrected chi connectivity index (χ1v) is 8.92. The maximum Gasteiger partial charge on any atom is 0.0605 e. The van der Waals surface area contributed by atoms with Crippen LogP contribution in [0.25, 0.3) is 0 Å². The van der Waals surface area contributed by atoms with Crippen molar-refractivity contribution in [2.24, 2.45) is 23.7 Å². The van der Waals surface area contributed by atoms with Crippen molar-refractivity contribution in [3.63, 3.8) is 0 Å². The van der Waals surface area contributed by atoms with Crippen LogP contribution in [0.15, 0.2) is 12.2 Å². The summed E-state index contributed by atoms with van der Waals surface area (Å²) in [6, 6.07) is 0. The normalized spacial score (nSPS) is 41.5. The van der Waals surface area contributed by atoms with Gasteiger partial charge in [-0.05, 0) is 69.1 Å². The van der Waals surface area contributed by atoms with E-state index in [1.807, 2.05) is 7.11 Å². The molecule has 0 aromatic heterocycles. The molecule has 21 heavy (non-hydrogen) atoms. The summed E-state index contributed by atoms with van der Waals surface area (Å²) in [6.07, 6.45) is 13.2. The Hall–Kier alpha value is -0.340. The second-order valence-electron chi connectivity index (χ2n) is 7.25. The van der Waals surface area contributed by atoms with Crippen LogP contribution in [0.1, 0.15) is 59.3 Å². The second kappa shape index (κ2) is 8.33. The van der Waals surface area contributed by atoms with E-state index in [0.717, 1.165) is 31.3 Å². The standard InChI is InChI=1S/C19H34O2/c1-5-6-16-7-9-17(10-8-16)13-21-19-12-11-18(20-4)14(2)15(19)3/h5-6,14-19H,7-13H2,1-4H3/b6-5+. The smallest absolute Gasteiger partial charge is 0.0605 e. The number of rotatable bonds is 5. The van der Waals surface area contributed by atoms with Crippen LogP contribution in [-0.2, 0) is 9.47 Å². The van der Waals surface area contributed by atoms with Crippen molar-refractivity contribution in [3.05, 3.63) is 12.2 Å². The quantitative estimate of drug-likeness (QED) is 0.676. The van der Waals surface area contributed by atoms with Gasteiger partial charge in [-0.25, -0.2) is 0 Å². The van der Waals surface area contributed by atoms with Crippen molar-refractivity contribution >= 4 is 0 Å². The molecule has 0 aromatic rings. The number of allylic oxidation sites excluding steroid dienone is 2. The molecule has 2 heteroatoms. The first-order valence-electron chi connectivity index (χ1n) is 8.92. The van der Waals surface area contributed by atoms with E-state index in [1.54, 1.807) is 0 Å². The van der Waals surface area contributed by atoms with Crippen LogP contribution >= 0.6 is 0 Å². The third kappa shape index (κ3) is 4.56. The highest BCUT2D eigenvalue weighted by Crippen LogP contribution is 2.35. The highest BCUT2D eigenvalue weighted by atomic mass is 16.5. The van der Waals surface area contributed by atoms with Gasteiger partial charge >= 0.3 is 0 Å². The lowest BCUT2D eigenvalue weighted by molar-refractivity contribution is -0.0886. The molecule has 122 valence electrons. The van der Waals surface area contributed by atoms with Crippen molar-refractivity contribution in [3.8, 4) is 0 Å². The summed E-state index contributed by atoms with van der Waals surface area (Å²) in [6.45, 7) is 7.76. The highest BCUT2D eigenvalue weighted by Gasteiger charge is 2.35. The first kappa shape index (κ1) is 17.0. The summed E-state index contributed by atoms with van der Waals surface area (Å²) in [5, 5.41) is 0. The van der Waals surface area contributed by atoms with E-state index >= 15 is 0 Å². The van der Waals surface area contributed by atoms with Crippen molar-refractivity contribution in [1.29, 1.82) is 0 Å². The molecule has 2 fully saturated rings. The van der Waals surface area contributed by atoms with E-state index in [2.05, 4.69) is 32.9 Å². The summed E-state index contributed by atoms with van der Waals surface area (Å²) >= 11 is 0. The van der Waals surface area contributed by atoms with Gasteiger partial charge in [-0.3, -0.25) is 0 Å².